The van der Waals surface area contributed by atoms with Crippen LogP contribution in [0.15, 0.2) is 36.5 Å². The second-order valence-electron chi connectivity index (χ2n) is 16.5. The van der Waals surface area contributed by atoms with E-state index in [1.807, 2.05) is 0 Å². The highest BCUT2D eigenvalue weighted by molar-refractivity contribution is 7.47. The van der Waals surface area contributed by atoms with Gasteiger partial charge in [-0.3, -0.25) is 13.8 Å². The van der Waals surface area contributed by atoms with Gasteiger partial charge in [0.05, 0.1) is 26.4 Å². The number of carbonyl (C=O) groups excluding carboxylic acids is 1. The molecule has 0 aliphatic rings. The fourth-order valence-electron chi connectivity index (χ4n) is 6.90. The molecule has 0 aliphatic carbocycles. The summed E-state index contributed by atoms with van der Waals surface area (Å²) in [6, 6.07) is 0. The Balaban J connectivity index is 4.06. The van der Waals surface area contributed by atoms with Crippen LogP contribution in [-0.2, 0) is 27.9 Å². The predicted octanol–water partition coefficient (Wildman–Crippen LogP) is 14.0. The van der Waals surface area contributed by atoms with Gasteiger partial charge in [0.1, 0.15) is 12.2 Å². The smallest absolute Gasteiger partial charge is 0.457 e. The zero-order valence-electron chi connectivity index (χ0n) is 38.2. The zero-order valence-corrected chi connectivity index (χ0v) is 39.1. The molecule has 0 rings (SSSR count). The van der Waals surface area contributed by atoms with Gasteiger partial charge in [-0.2, -0.15) is 0 Å². The molecule has 0 radical (unpaired) electrons. The molecule has 59 heavy (non-hydrogen) atoms. The predicted molar refractivity (Wildman–Crippen MR) is 247 cm³/mol. The summed E-state index contributed by atoms with van der Waals surface area (Å²) in [5.74, 6) is -0.383. The topological polar surface area (TPSA) is 132 Å². The molecule has 0 heterocycles. The van der Waals surface area contributed by atoms with Gasteiger partial charge in [0.15, 0.2) is 0 Å². The molecule has 0 aliphatic heterocycles. The summed E-state index contributed by atoms with van der Waals surface area (Å²) in [6.45, 7) is 3.42. The highest BCUT2D eigenvalue weighted by Crippen LogP contribution is 2.43. The lowest BCUT2D eigenvalue weighted by Crippen LogP contribution is -2.29. The van der Waals surface area contributed by atoms with Gasteiger partial charge in [-0.05, 0) is 44.9 Å². The molecule has 0 fully saturated rings. The number of unbranched alkanes of at least 4 members (excludes halogenated alkanes) is 27. The van der Waals surface area contributed by atoms with Crippen LogP contribution in [0.2, 0.25) is 0 Å². The highest BCUT2D eigenvalue weighted by atomic mass is 31.2. The Hall–Kier alpha value is -1.32. The molecule has 3 atom stereocenters. The third-order valence-electron chi connectivity index (χ3n) is 10.6. The Morgan fingerprint density at radius 1 is 0.542 bits per heavy atom. The lowest BCUT2D eigenvalue weighted by atomic mass is 10.0. The highest BCUT2D eigenvalue weighted by Gasteiger charge is 2.26. The van der Waals surface area contributed by atoms with Gasteiger partial charge in [0, 0.05) is 13.0 Å². The summed E-state index contributed by atoms with van der Waals surface area (Å²) in [5.41, 5.74) is 0. The van der Waals surface area contributed by atoms with Gasteiger partial charge < -0.3 is 24.6 Å². The van der Waals surface area contributed by atoms with Gasteiger partial charge in [-0.15, -0.1) is 0 Å². The minimum Gasteiger partial charge on any atom is -0.457 e. The molecule has 0 aromatic carbocycles. The number of aliphatic hydroxyl groups excluding tert-OH is 2. The van der Waals surface area contributed by atoms with Crippen LogP contribution in [0.4, 0.5) is 0 Å². The molecule has 0 amide bonds. The standard InChI is InChI=1S/C49H93O9P/c1-3-5-7-9-11-13-15-17-19-21-22-23-24-25-26-27-29-31-33-35-37-39-41-49(52)58-48(46-57-59(53,54)56-44-47(51)43-50)45-55-42-40-38-36-34-32-30-28-20-18-16-14-12-10-8-6-4-2/h6,8,12,14,18,20,47-48,50-51H,3-5,7,9-11,13,15-17,19,21-46H2,1-2H3,(H,53,54)/b8-6-,14-12-,20-18-. The van der Waals surface area contributed by atoms with Crippen LogP contribution in [-0.4, -0.2) is 66.3 Å². The quantitative estimate of drug-likeness (QED) is 0.0237. The Labute approximate surface area is 363 Å². The molecule has 0 aromatic heterocycles. The van der Waals surface area contributed by atoms with E-state index in [9.17, 15) is 19.4 Å². The van der Waals surface area contributed by atoms with E-state index in [0.717, 1.165) is 64.2 Å². The summed E-state index contributed by atoms with van der Waals surface area (Å²) in [4.78, 5) is 22.7. The van der Waals surface area contributed by atoms with Crippen molar-refractivity contribution in [2.75, 3.05) is 33.0 Å². The van der Waals surface area contributed by atoms with Crippen LogP contribution in [0.3, 0.4) is 0 Å². The summed E-state index contributed by atoms with van der Waals surface area (Å²) in [7, 11) is -4.52. The molecule has 0 spiro atoms. The van der Waals surface area contributed by atoms with Gasteiger partial charge >= 0.3 is 13.8 Å². The van der Waals surface area contributed by atoms with Crippen molar-refractivity contribution >= 4 is 13.8 Å². The van der Waals surface area contributed by atoms with Crippen molar-refractivity contribution in [1.29, 1.82) is 0 Å². The summed E-state index contributed by atoms with van der Waals surface area (Å²) < 4.78 is 33.5. The number of phosphoric acid groups is 1. The lowest BCUT2D eigenvalue weighted by Gasteiger charge is -2.20. The SMILES string of the molecule is CC/C=C\C/C=C\C/C=C\CCCCCCCCOCC(COP(=O)(O)OCC(O)CO)OC(=O)CCCCCCCCCCCCCCCCCCCCCCCC. The van der Waals surface area contributed by atoms with E-state index in [2.05, 4.69) is 50.3 Å². The largest absolute Gasteiger partial charge is 0.472 e. The third-order valence-corrected chi connectivity index (χ3v) is 11.5. The fourth-order valence-corrected chi connectivity index (χ4v) is 7.69. The number of ether oxygens (including phenoxy) is 2. The maximum absolute atomic E-state index is 12.7. The van der Waals surface area contributed by atoms with Crippen LogP contribution in [0.5, 0.6) is 0 Å². The van der Waals surface area contributed by atoms with Crippen LogP contribution in [0.25, 0.3) is 0 Å². The first kappa shape index (κ1) is 57.7. The molecule has 3 N–H and O–H groups in total. The van der Waals surface area contributed by atoms with E-state index in [4.69, 9.17) is 23.6 Å². The maximum atomic E-state index is 12.7. The minimum absolute atomic E-state index is 0.0430. The first-order valence-corrected chi connectivity index (χ1v) is 26.0. The average molecular weight is 857 g/mol. The van der Waals surface area contributed by atoms with Crippen molar-refractivity contribution in [2.45, 2.75) is 238 Å². The Morgan fingerprint density at radius 3 is 1.46 bits per heavy atom. The monoisotopic (exact) mass is 857 g/mol. The number of esters is 1. The van der Waals surface area contributed by atoms with Crippen molar-refractivity contribution in [1.82, 2.24) is 0 Å². The van der Waals surface area contributed by atoms with E-state index in [-0.39, 0.29) is 25.6 Å². The molecule has 0 saturated carbocycles. The number of rotatable bonds is 47. The molecule has 10 heteroatoms. The van der Waals surface area contributed by atoms with Crippen molar-refractivity contribution in [3.63, 3.8) is 0 Å². The van der Waals surface area contributed by atoms with Crippen LogP contribution < -0.4 is 0 Å². The molecule has 0 saturated heterocycles. The van der Waals surface area contributed by atoms with Crippen LogP contribution >= 0.6 is 7.82 Å². The van der Waals surface area contributed by atoms with E-state index < -0.39 is 33.2 Å². The molecule has 3 unspecified atom stereocenters. The second-order valence-corrected chi connectivity index (χ2v) is 17.9. The average Bonchev–Trinajstić information content (AvgIpc) is 3.23. The van der Waals surface area contributed by atoms with Gasteiger partial charge in [-0.25, -0.2) is 4.57 Å². The van der Waals surface area contributed by atoms with Crippen molar-refractivity contribution in [2.24, 2.45) is 0 Å². The van der Waals surface area contributed by atoms with E-state index in [0.29, 0.717) is 6.61 Å². The molecule has 9 nitrogen and oxygen atoms in total. The van der Waals surface area contributed by atoms with Gasteiger partial charge in [0.2, 0.25) is 0 Å². The van der Waals surface area contributed by atoms with Gasteiger partial charge in [0.25, 0.3) is 0 Å². The third kappa shape index (κ3) is 46.0. The zero-order chi connectivity index (χ0) is 43.2. The van der Waals surface area contributed by atoms with Crippen LogP contribution in [0.1, 0.15) is 226 Å². The number of carbonyl (C=O) groups is 1. The van der Waals surface area contributed by atoms with Gasteiger partial charge in [-0.1, -0.05) is 211 Å². The second kappa shape index (κ2) is 46.2. The normalized spacial score (nSPS) is 14.2. The molecular weight excluding hydrogens is 764 g/mol. The molecule has 0 bridgehead atoms. The first-order chi connectivity index (χ1) is 28.8. The van der Waals surface area contributed by atoms with Crippen molar-refractivity contribution in [3.8, 4) is 0 Å². The lowest BCUT2D eigenvalue weighted by molar-refractivity contribution is -0.154. The maximum Gasteiger partial charge on any atom is 0.472 e. The number of hydrogen-bond acceptors (Lipinski definition) is 8. The number of phosphoric ester groups is 1. The van der Waals surface area contributed by atoms with Crippen molar-refractivity contribution in [3.05, 3.63) is 36.5 Å². The van der Waals surface area contributed by atoms with Crippen LogP contribution in [0, 0.1) is 0 Å². The number of hydrogen-bond donors (Lipinski definition) is 3. The Bertz CT molecular complexity index is 1020. The number of allylic oxidation sites excluding steroid dienone is 6. The molecule has 0 aromatic rings. The van der Waals surface area contributed by atoms with E-state index in [1.54, 1.807) is 0 Å². The van der Waals surface area contributed by atoms with Crippen molar-refractivity contribution < 1.29 is 43.0 Å². The van der Waals surface area contributed by atoms with E-state index >= 15 is 0 Å². The molecular formula is C49H93O9P. The summed E-state index contributed by atoms with van der Waals surface area (Å²) >= 11 is 0. The fraction of sp³-hybridized carbons (Fsp3) is 0.857. The first-order valence-electron chi connectivity index (χ1n) is 24.5. The van der Waals surface area contributed by atoms with E-state index in [1.165, 1.54) is 141 Å². The number of aliphatic hydroxyl groups is 2. The molecule has 348 valence electrons. The Kier molecular flexibility index (Phi) is 45.2. The minimum atomic E-state index is -4.52. The Morgan fingerprint density at radius 2 is 0.966 bits per heavy atom. The summed E-state index contributed by atoms with van der Waals surface area (Å²) in [5, 5.41) is 18.4. The summed E-state index contributed by atoms with van der Waals surface area (Å²) in [6.07, 6.45) is 51.1.